The van der Waals surface area contributed by atoms with Crippen LogP contribution in [0.15, 0.2) is 66.7 Å². The zero-order valence-corrected chi connectivity index (χ0v) is 10.1. The maximum absolute atomic E-state index is 11.6. The Morgan fingerprint density at radius 1 is 0.789 bits per heavy atom. The van der Waals surface area contributed by atoms with Gasteiger partial charge >= 0.3 is 5.97 Å². The number of hydrogen-bond acceptors (Lipinski definition) is 2. The van der Waals surface area contributed by atoms with Crippen molar-refractivity contribution in [3.63, 3.8) is 0 Å². The molecule has 0 atom stereocenters. The van der Waals surface area contributed by atoms with Crippen LogP contribution in [0.1, 0.15) is 10.4 Å². The van der Waals surface area contributed by atoms with Crippen LogP contribution in [-0.4, -0.2) is 16.9 Å². The molecule has 1 N–H and O–H groups in total. The number of hydrogen-bond donors (Lipinski definition) is 1. The summed E-state index contributed by atoms with van der Waals surface area (Å²) in [5.74, 6) is -1.45. The summed E-state index contributed by atoms with van der Waals surface area (Å²) >= 11 is 0. The van der Waals surface area contributed by atoms with Crippen molar-refractivity contribution in [2.24, 2.45) is 0 Å². The van der Waals surface area contributed by atoms with Crippen molar-refractivity contribution in [3.05, 3.63) is 72.3 Å². The summed E-state index contributed by atoms with van der Waals surface area (Å²) in [4.78, 5) is 22.0. The SMILES string of the molecule is O=C(O)/C=C/C(=O)c1ccc(-c2ccccc2)cc1. The minimum Gasteiger partial charge on any atom is -0.478 e. The third-order valence-electron chi connectivity index (χ3n) is 2.65. The minimum atomic E-state index is -1.13. The molecule has 94 valence electrons. The molecule has 0 unspecified atom stereocenters. The third kappa shape index (κ3) is 3.39. The van der Waals surface area contributed by atoms with E-state index in [0.29, 0.717) is 5.56 Å². The summed E-state index contributed by atoms with van der Waals surface area (Å²) in [7, 11) is 0. The second-order valence-electron chi connectivity index (χ2n) is 3.98. The summed E-state index contributed by atoms with van der Waals surface area (Å²) in [5, 5.41) is 8.46. The van der Waals surface area contributed by atoms with Gasteiger partial charge in [-0.25, -0.2) is 4.79 Å². The van der Waals surface area contributed by atoms with E-state index in [9.17, 15) is 9.59 Å². The summed E-state index contributed by atoms with van der Waals surface area (Å²) in [6, 6.07) is 16.9. The maximum Gasteiger partial charge on any atom is 0.328 e. The molecule has 3 heteroatoms. The van der Waals surface area contributed by atoms with Gasteiger partial charge in [-0.2, -0.15) is 0 Å². The fourth-order valence-electron chi connectivity index (χ4n) is 1.70. The molecule has 2 aromatic rings. The van der Waals surface area contributed by atoms with Crippen LogP contribution in [0.3, 0.4) is 0 Å². The number of carboxylic acids is 1. The first kappa shape index (κ1) is 12.8. The molecule has 2 aromatic carbocycles. The Morgan fingerprint density at radius 2 is 1.37 bits per heavy atom. The van der Waals surface area contributed by atoms with Gasteiger partial charge in [0.1, 0.15) is 0 Å². The fourth-order valence-corrected chi connectivity index (χ4v) is 1.70. The van der Waals surface area contributed by atoms with E-state index in [1.807, 2.05) is 42.5 Å². The number of rotatable bonds is 4. The third-order valence-corrected chi connectivity index (χ3v) is 2.65. The van der Waals surface area contributed by atoms with Gasteiger partial charge in [0.2, 0.25) is 0 Å². The molecule has 3 nitrogen and oxygen atoms in total. The predicted octanol–water partition coefficient (Wildman–Crippen LogP) is 3.18. The van der Waals surface area contributed by atoms with Crippen LogP contribution in [0.4, 0.5) is 0 Å². The predicted molar refractivity (Wildman–Crippen MR) is 73.0 cm³/mol. The van der Waals surface area contributed by atoms with Gasteiger partial charge < -0.3 is 5.11 Å². The molecule has 0 aliphatic heterocycles. The van der Waals surface area contributed by atoms with Gasteiger partial charge in [-0.15, -0.1) is 0 Å². The zero-order chi connectivity index (χ0) is 13.7. The van der Waals surface area contributed by atoms with E-state index < -0.39 is 5.97 Å². The average molecular weight is 252 g/mol. The van der Waals surface area contributed by atoms with Crippen molar-refractivity contribution in [2.75, 3.05) is 0 Å². The summed E-state index contributed by atoms with van der Waals surface area (Å²) in [6.07, 6.45) is 1.90. The summed E-state index contributed by atoms with van der Waals surface area (Å²) in [5.41, 5.74) is 2.55. The number of carbonyl (C=O) groups is 2. The molecule has 0 aliphatic rings. The second-order valence-corrected chi connectivity index (χ2v) is 3.98. The molecule has 0 radical (unpaired) electrons. The van der Waals surface area contributed by atoms with Crippen LogP contribution in [0.2, 0.25) is 0 Å². The van der Waals surface area contributed by atoms with Crippen LogP contribution >= 0.6 is 0 Å². The van der Waals surface area contributed by atoms with Crippen molar-refractivity contribution in [1.29, 1.82) is 0 Å². The second kappa shape index (κ2) is 5.78. The molecule has 2 rings (SSSR count). The van der Waals surface area contributed by atoms with E-state index in [-0.39, 0.29) is 5.78 Å². The number of carboxylic acid groups (broad SMARTS) is 1. The molecule has 0 saturated carbocycles. The lowest BCUT2D eigenvalue weighted by Crippen LogP contribution is -1.96. The Hall–Kier alpha value is -2.68. The van der Waals surface area contributed by atoms with Crippen LogP contribution in [0, 0.1) is 0 Å². The highest BCUT2D eigenvalue weighted by molar-refractivity contribution is 6.07. The van der Waals surface area contributed by atoms with E-state index in [0.717, 1.165) is 23.3 Å². The molecule has 0 aliphatic carbocycles. The summed E-state index contributed by atoms with van der Waals surface area (Å²) in [6.45, 7) is 0. The van der Waals surface area contributed by atoms with Crippen molar-refractivity contribution in [3.8, 4) is 11.1 Å². The number of allylic oxidation sites excluding steroid dienone is 1. The Morgan fingerprint density at radius 3 is 1.95 bits per heavy atom. The Balaban J connectivity index is 2.19. The van der Waals surface area contributed by atoms with Crippen molar-refractivity contribution < 1.29 is 14.7 Å². The van der Waals surface area contributed by atoms with Gasteiger partial charge in [0.15, 0.2) is 5.78 Å². The molecule has 19 heavy (non-hydrogen) atoms. The van der Waals surface area contributed by atoms with E-state index >= 15 is 0 Å². The molecule has 0 saturated heterocycles. The van der Waals surface area contributed by atoms with Gasteiger partial charge in [-0.05, 0) is 17.2 Å². The monoisotopic (exact) mass is 252 g/mol. The van der Waals surface area contributed by atoms with E-state index in [2.05, 4.69) is 0 Å². The lowest BCUT2D eigenvalue weighted by Gasteiger charge is -2.02. The van der Waals surface area contributed by atoms with Gasteiger partial charge in [0, 0.05) is 11.6 Å². The molecule has 0 heterocycles. The maximum atomic E-state index is 11.6. The lowest BCUT2D eigenvalue weighted by atomic mass is 10.0. The Bertz CT molecular complexity index is 610. The van der Waals surface area contributed by atoms with E-state index in [4.69, 9.17) is 5.11 Å². The Kier molecular flexibility index (Phi) is 3.88. The standard InChI is InChI=1S/C16H12O3/c17-15(10-11-16(18)19)14-8-6-13(7-9-14)12-4-2-1-3-5-12/h1-11H,(H,18,19)/b11-10+. The van der Waals surface area contributed by atoms with Crippen LogP contribution in [0.5, 0.6) is 0 Å². The molecule has 0 amide bonds. The Labute approximate surface area is 110 Å². The molecular weight excluding hydrogens is 240 g/mol. The quantitative estimate of drug-likeness (QED) is 0.671. The number of benzene rings is 2. The smallest absolute Gasteiger partial charge is 0.328 e. The van der Waals surface area contributed by atoms with Gasteiger partial charge in [-0.1, -0.05) is 54.6 Å². The van der Waals surface area contributed by atoms with Crippen molar-refractivity contribution >= 4 is 11.8 Å². The first-order valence-electron chi connectivity index (χ1n) is 5.77. The zero-order valence-electron chi connectivity index (χ0n) is 10.1. The first-order chi connectivity index (χ1) is 9.16. The first-order valence-corrected chi connectivity index (χ1v) is 5.77. The number of carbonyl (C=O) groups excluding carboxylic acids is 1. The highest BCUT2D eigenvalue weighted by Gasteiger charge is 2.03. The molecule has 0 spiro atoms. The van der Waals surface area contributed by atoms with Crippen LogP contribution in [-0.2, 0) is 4.79 Å². The van der Waals surface area contributed by atoms with Gasteiger partial charge in [0.05, 0.1) is 0 Å². The van der Waals surface area contributed by atoms with Gasteiger partial charge in [0.25, 0.3) is 0 Å². The normalized spacial score (nSPS) is 10.5. The fraction of sp³-hybridized carbons (Fsp3) is 0. The molecular formula is C16H12O3. The van der Waals surface area contributed by atoms with Crippen molar-refractivity contribution in [2.45, 2.75) is 0 Å². The highest BCUT2D eigenvalue weighted by Crippen LogP contribution is 2.19. The minimum absolute atomic E-state index is 0.318. The van der Waals surface area contributed by atoms with Crippen molar-refractivity contribution in [1.82, 2.24) is 0 Å². The average Bonchev–Trinajstić information content (AvgIpc) is 2.46. The van der Waals surface area contributed by atoms with Gasteiger partial charge in [-0.3, -0.25) is 4.79 Å². The largest absolute Gasteiger partial charge is 0.478 e. The van der Waals surface area contributed by atoms with E-state index in [1.165, 1.54) is 0 Å². The van der Waals surface area contributed by atoms with Crippen LogP contribution < -0.4 is 0 Å². The molecule has 0 bridgehead atoms. The topological polar surface area (TPSA) is 54.4 Å². The number of aliphatic carboxylic acids is 1. The summed E-state index contributed by atoms with van der Waals surface area (Å²) < 4.78 is 0. The molecule has 0 aromatic heterocycles. The van der Waals surface area contributed by atoms with E-state index in [1.54, 1.807) is 12.1 Å². The van der Waals surface area contributed by atoms with Crippen LogP contribution in [0.25, 0.3) is 11.1 Å². The number of ketones is 1. The highest BCUT2D eigenvalue weighted by atomic mass is 16.4. The molecule has 0 fully saturated rings. The lowest BCUT2D eigenvalue weighted by molar-refractivity contribution is -0.131.